The molecule has 0 fully saturated rings. The van der Waals surface area contributed by atoms with E-state index in [0.29, 0.717) is 6.54 Å². The van der Waals surface area contributed by atoms with E-state index >= 15 is 0 Å². The predicted molar refractivity (Wildman–Crippen MR) is 85.6 cm³/mol. The smallest absolute Gasteiger partial charge is 0.319 e. The molecule has 20 heavy (non-hydrogen) atoms. The number of rotatable bonds is 7. The molecular weight excluding hydrogens is 252 g/mol. The van der Waals surface area contributed by atoms with Gasteiger partial charge in [-0.25, -0.2) is 4.79 Å². The van der Waals surface area contributed by atoms with Gasteiger partial charge in [0.1, 0.15) is 0 Å². The lowest BCUT2D eigenvalue weighted by atomic mass is 10.2. The number of hydrogen-bond acceptors (Lipinski definition) is 3. The Bertz CT molecular complexity index is 416. The number of nitrogens with zero attached hydrogens (tertiary/aromatic N) is 2. The van der Waals surface area contributed by atoms with Gasteiger partial charge in [0.05, 0.1) is 11.4 Å². The molecule has 0 unspecified atom stereocenters. The maximum Gasteiger partial charge on any atom is 0.319 e. The van der Waals surface area contributed by atoms with E-state index in [1.807, 2.05) is 43.3 Å². The summed E-state index contributed by atoms with van der Waals surface area (Å²) in [5.41, 5.74) is 1.81. The number of hydrogen-bond donors (Lipinski definition) is 2. The van der Waals surface area contributed by atoms with Gasteiger partial charge in [-0.1, -0.05) is 26.0 Å². The summed E-state index contributed by atoms with van der Waals surface area (Å²) in [6.07, 6.45) is 0. The third kappa shape index (κ3) is 5.09. The van der Waals surface area contributed by atoms with Crippen LogP contribution in [0.15, 0.2) is 24.3 Å². The standard InChI is InChI=1S/C15H26N4O/c1-5-19(6-2)12-11-16-15(20)17-13-9-7-8-10-14(13)18(3)4/h7-10H,5-6,11-12H2,1-4H3,(H2,16,17,20). The van der Waals surface area contributed by atoms with E-state index in [4.69, 9.17) is 0 Å². The van der Waals surface area contributed by atoms with Gasteiger partial charge >= 0.3 is 6.03 Å². The van der Waals surface area contributed by atoms with Crippen molar-refractivity contribution in [2.24, 2.45) is 0 Å². The van der Waals surface area contributed by atoms with Crippen LogP contribution in [0.3, 0.4) is 0 Å². The number of likely N-dealkylation sites (N-methyl/N-ethyl adjacent to an activating group) is 1. The van der Waals surface area contributed by atoms with Crippen LogP contribution in [0.25, 0.3) is 0 Å². The van der Waals surface area contributed by atoms with Crippen LogP contribution in [-0.4, -0.2) is 51.2 Å². The average molecular weight is 278 g/mol. The Morgan fingerprint density at radius 3 is 2.40 bits per heavy atom. The second-order valence-corrected chi connectivity index (χ2v) is 4.82. The van der Waals surface area contributed by atoms with Gasteiger partial charge in [0.15, 0.2) is 0 Å². The minimum atomic E-state index is -0.161. The summed E-state index contributed by atoms with van der Waals surface area (Å²) < 4.78 is 0. The van der Waals surface area contributed by atoms with Crippen molar-refractivity contribution in [1.29, 1.82) is 0 Å². The van der Waals surface area contributed by atoms with Crippen LogP contribution in [0, 0.1) is 0 Å². The van der Waals surface area contributed by atoms with Crippen molar-refractivity contribution in [1.82, 2.24) is 10.2 Å². The molecule has 0 aromatic heterocycles. The molecule has 2 amide bonds. The van der Waals surface area contributed by atoms with E-state index in [0.717, 1.165) is 31.0 Å². The molecule has 1 aromatic rings. The van der Waals surface area contributed by atoms with Gasteiger partial charge in [0.25, 0.3) is 0 Å². The quantitative estimate of drug-likeness (QED) is 0.804. The summed E-state index contributed by atoms with van der Waals surface area (Å²) in [7, 11) is 3.91. The molecule has 5 heteroatoms. The van der Waals surface area contributed by atoms with Crippen LogP contribution in [0.2, 0.25) is 0 Å². The van der Waals surface area contributed by atoms with Gasteiger partial charge in [0, 0.05) is 27.2 Å². The Morgan fingerprint density at radius 1 is 1.15 bits per heavy atom. The van der Waals surface area contributed by atoms with Crippen LogP contribution >= 0.6 is 0 Å². The third-order valence-electron chi connectivity index (χ3n) is 3.24. The Morgan fingerprint density at radius 2 is 1.80 bits per heavy atom. The van der Waals surface area contributed by atoms with Gasteiger partial charge < -0.3 is 20.4 Å². The molecule has 0 radical (unpaired) electrons. The summed E-state index contributed by atoms with van der Waals surface area (Å²) in [6.45, 7) is 7.77. The lowest BCUT2D eigenvalue weighted by molar-refractivity contribution is 0.248. The van der Waals surface area contributed by atoms with Gasteiger partial charge in [0.2, 0.25) is 0 Å². The maximum absolute atomic E-state index is 11.9. The minimum absolute atomic E-state index is 0.161. The van der Waals surface area contributed by atoms with Crippen molar-refractivity contribution in [2.75, 3.05) is 50.5 Å². The highest BCUT2D eigenvalue weighted by Gasteiger charge is 2.07. The molecule has 0 aliphatic heterocycles. The molecule has 0 bridgehead atoms. The molecule has 0 saturated carbocycles. The number of carbonyl (C=O) groups is 1. The van der Waals surface area contributed by atoms with Crippen LogP contribution in [0.5, 0.6) is 0 Å². The fraction of sp³-hybridized carbons (Fsp3) is 0.533. The summed E-state index contributed by atoms with van der Waals surface area (Å²) in [6, 6.07) is 7.59. The molecule has 2 N–H and O–H groups in total. The van der Waals surface area contributed by atoms with Crippen LogP contribution in [0.1, 0.15) is 13.8 Å². The first-order valence-electron chi connectivity index (χ1n) is 7.12. The highest BCUT2D eigenvalue weighted by atomic mass is 16.2. The number of nitrogens with one attached hydrogen (secondary N) is 2. The van der Waals surface area contributed by atoms with E-state index in [2.05, 4.69) is 29.4 Å². The Balaban J connectivity index is 2.47. The number of amides is 2. The Hall–Kier alpha value is -1.75. The highest BCUT2D eigenvalue weighted by Crippen LogP contribution is 2.22. The summed E-state index contributed by atoms with van der Waals surface area (Å²) >= 11 is 0. The second-order valence-electron chi connectivity index (χ2n) is 4.82. The SMILES string of the molecule is CCN(CC)CCNC(=O)Nc1ccccc1N(C)C. The molecule has 0 heterocycles. The van der Waals surface area contributed by atoms with Crippen molar-refractivity contribution in [3.05, 3.63) is 24.3 Å². The number of anilines is 2. The van der Waals surface area contributed by atoms with E-state index in [1.54, 1.807) is 0 Å². The second kappa shape index (κ2) is 8.43. The Labute approximate surface area is 121 Å². The lowest BCUT2D eigenvalue weighted by Crippen LogP contribution is -2.37. The first-order valence-corrected chi connectivity index (χ1v) is 7.12. The number of urea groups is 1. The number of carbonyl (C=O) groups excluding carboxylic acids is 1. The molecule has 0 saturated heterocycles. The minimum Gasteiger partial charge on any atom is -0.376 e. The van der Waals surface area contributed by atoms with E-state index in [-0.39, 0.29) is 6.03 Å². The van der Waals surface area contributed by atoms with Crippen molar-refractivity contribution in [3.63, 3.8) is 0 Å². The zero-order chi connectivity index (χ0) is 15.0. The van der Waals surface area contributed by atoms with Crippen molar-refractivity contribution >= 4 is 17.4 Å². The van der Waals surface area contributed by atoms with Crippen molar-refractivity contribution < 1.29 is 4.79 Å². The first kappa shape index (κ1) is 16.3. The van der Waals surface area contributed by atoms with Crippen LogP contribution in [0.4, 0.5) is 16.2 Å². The van der Waals surface area contributed by atoms with Gasteiger partial charge in [-0.15, -0.1) is 0 Å². The van der Waals surface area contributed by atoms with Gasteiger partial charge in [-0.3, -0.25) is 0 Å². The number of para-hydroxylation sites is 2. The zero-order valence-electron chi connectivity index (χ0n) is 12.9. The topological polar surface area (TPSA) is 47.6 Å². The first-order chi connectivity index (χ1) is 9.58. The summed E-state index contributed by atoms with van der Waals surface area (Å²) in [5.74, 6) is 0. The van der Waals surface area contributed by atoms with E-state index in [1.165, 1.54) is 0 Å². The highest BCUT2D eigenvalue weighted by molar-refractivity contribution is 5.93. The summed E-state index contributed by atoms with van der Waals surface area (Å²) in [5, 5.41) is 5.78. The molecule has 0 atom stereocenters. The van der Waals surface area contributed by atoms with Crippen molar-refractivity contribution in [3.8, 4) is 0 Å². The van der Waals surface area contributed by atoms with E-state index < -0.39 is 0 Å². The molecule has 112 valence electrons. The molecule has 0 aliphatic rings. The predicted octanol–water partition coefficient (Wildman–Crippen LogP) is 2.22. The number of benzene rings is 1. The largest absolute Gasteiger partial charge is 0.376 e. The molecule has 0 spiro atoms. The van der Waals surface area contributed by atoms with Crippen molar-refractivity contribution in [2.45, 2.75) is 13.8 Å². The lowest BCUT2D eigenvalue weighted by Gasteiger charge is -2.19. The fourth-order valence-electron chi connectivity index (χ4n) is 2.00. The molecule has 1 rings (SSSR count). The van der Waals surface area contributed by atoms with Crippen LogP contribution < -0.4 is 15.5 Å². The Kier molecular flexibility index (Phi) is 6.87. The van der Waals surface area contributed by atoms with E-state index in [9.17, 15) is 4.79 Å². The molecule has 1 aromatic carbocycles. The summed E-state index contributed by atoms with van der Waals surface area (Å²) in [4.78, 5) is 16.1. The molecular formula is C15H26N4O. The third-order valence-corrected chi connectivity index (χ3v) is 3.24. The maximum atomic E-state index is 11.9. The van der Waals surface area contributed by atoms with Gasteiger partial charge in [-0.2, -0.15) is 0 Å². The normalized spacial score (nSPS) is 10.4. The van der Waals surface area contributed by atoms with Gasteiger partial charge in [-0.05, 0) is 25.2 Å². The monoisotopic (exact) mass is 278 g/mol. The van der Waals surface area contributed by atoms with Crippen LogP contribution in [-0.2, 0) is 0 Å². The molecule has 0 aliphatic carbocycles. The molecule has 5 nitrogen and oxygen atoms in total. The average Bonchev–Trinajstić information content (AvgIpc) is 2.44. The zero-order valence-corrected chi connectivity index (χ0v) is 12.9. The fourth-order valence-corrected chi connectivity index (χ4v) is 2.00.